The Kier molecular flexibility index (Phi) is 7.83. The van der Waals surface area contributed by atoms with Crippen molar-refractivity contribution in [2.75, 3.05) is 0 Å². The maximum atomic E-state index is 11.7. The fourth-order valence-electron chi connectivity index (χ4n) is 2.74. The highest BCUT2D eigenvalue weighted by atomic mass is 35.5. The number of aliphatic hydroxyl groups excluding tert-OH is 2. The summed E-state index contributed by atoms with van der Waals surface area (Å²) in [6.07, 6.45) is -3.34. The van der Waals surface area contributed by atoms with Crippen molar-refractivity contribution in [3.8, 4) is 11.1 Å². The number of hydrogen-bond acceptors (Lipinski definition) is 4. The van der Waals surface area contributed by atoms with Crippen molar-refractivity contribution in [2.24, 2.45) is 0 Å². The van der Waals surface area contributed by atoms with Gasteiger partial charge >= 0.3 is 5.97 Å². The van der Waals surface area contributed by atoms with Crippen LogP contribution in [0, 0.1) is 0 Å². The highest BCUT2D eigenvalue weighted by Crippen LogP contribution is 2.27. The first-order valence-corrected chi connectivity index (χ1v) is 9.40. The molecule has 28 heavy (non-hydrogen) atoms. The predicted octanol–water partition coefficient (Wildman–Crippen LogP) is 2.90. The lowest BCUT2D eigenvalue weighted by atomic mass is 9.96. The lowest BCUT2D eigenvalue weighted by Gasteiger charge is -2.26. The molecule has 6 nitrogen and oxygen atoms in total. The van der Waals surface area contributed by atoms with Crippen LogP contribution in [0.5, 0.6) is 0 Å². The van der Waals surface area contributed by atoms with E-state index in [2.05, 4.69) is 5.32 Å². The summed E-state index contributed by atoms with van der Waals surface area (Å²) in [5.74, 6) is -1.91. The van der Waals surface area contributed by atoms with Crippen LogP contribution in [0.1, 0.15) is 18.9 Å². The van der Waals surface area contributed by atoms with Crippen molar-refractivity contribution in [2.45, 2.75) is 38.0 Å². The molecule has 0 spiro atoms. The molecule has 0 aromatic heterocycles. The first-order chi connectivity index (χ1) is 13.2. The average Bonchev–Trinajstić information content (AvgIpc) is 2.65. The van der Waals surface area contributed by atoms with Crippen LogP contribution in [-0.4, -0.2) is 45.4 Å². The van der Waals surface area contributed by atoms with E-state index in [-0.39, 0.29) is 18.7 Å². The summed E-state index contributed by atoms with van der Waals surface area (Å²) < 4.78 is 0. The van der Waals surface area contributed by atoms with Crippen molar-refractivity contribution in [1.29, 1.82) is 0 Å². The van der Waals surface area contributed by atoms with E-state index in [0.29, 0.717) is 10.0 Å². The van der Waals surface area contributed by atoms with Crippen molar-refractivity contribution in [1.82, 2.24) is 5.32 Å². The number of hydrogen-bond donors (Lipinski definition) is 4. The van der Waals surface area contributed by atoms with Crippen LogP contribution in [0.4, 0.5) is 0 Å². The summed E-state index contributed by atoms with van der Waals surface area (Å²) in [6.45, 7) is 1.64. The number of carboxylic acids is 1. The first kappa shape index (κ1) is 22.2. The van der Waals surface area contributed by atoms with Crippen LogP contribution in [0.25, 0.3) is 11.1 Å². The third-order valence-electron chi connectivity index (χ3n) is 4.26. The Balaban J connectivity index is 2.21. The van der Waals surface area contributed by atoms with Gasteiger partial charge in [0.05, 0.1) is 6.04 Å². The minimum Gasteiger partial charge on any atom is -0.479 e. The van der Waals surface area contributed by atoms with Crippen molar-refractivity contribution < 1.29 is 24.9 Å². The molecule has 0 saturated carbocycles. The number of aliphatic carboxylic acids is 1. The van der Waals surface area contributed by atoms with E-state index in [1.807, 2.05) is 12.1 Å². The van der Waals surface area contributed by atoms with Gasteiger partial charge in [-0.05, 0) is 41.3 Å². The number of carbonyl (C=O) groups excluding carboxylic acids is 1. The van der Waals surface area contributed by atoms with Crippen LogP contribution >= 0.6 is 23.2 Å². The monoisotopic (exact) mass is 425 g/mol. The number of benzene rings is 2. The fraction of sp³-hybridized carbons (Fsp3) is 0.300. The Hall–Kier alpha value is -2.12. The minimum atomic E-state index is -2.00. The second-order valence-corrected chi connectivity index (χ2v) is 7.23. The molecule has 3 atom stereocenters. The summed E-state index contributed by atoms with van der Waals surface area (Å²) in [6, 6.07) is 11.5. The number of nitrogens with one attached hydrogen (secondary N) is 1. The molecule has 0 heterocycles. The van der Waals surface area contributed by atoms with Crippen molar-refractivity contribution >= 4 is 35.1 Å². The largest absolute Gasteiger partial charge is 0.479 e. The molecule has 8 heteroatoms. The standard InChI is InChI=1S/C20H21Cl2NO5/c1-2-17(24)23-16(18(25)19(26)20(27)28)7-11-3-5-12(6-4-11)13-8-14(21)10-15(22)9-13/h3-6,8-10,16,18-19,25-26H,2,7H2,1H3,(H,23,24)(H,27,28)/t16-,18-,19+/m0/s1. The van der Waals surface area contributed by atoms with Crippen LogP contribution in [0.2, 0.25) is 10.0 Å². The van der Waals surface area contributed by atoms with Crippen LogP contribution in [-0.2, 0) is 16.0 Å². The van der Waals surface area contributed by atoms with Gasteiger partial charge in [-0.2, -0.15) is 0 Å². The number of carboxylic acid groups (broad SMARTS) is 1. The number of carbonyl (C=O) groups is 2. The van der Waals surface area contributed by atoms with Crippen LogP contribution in [0.15, 0.2) is 42.5 Å². The molecular weight excluding hydrogens is 405 g/mol. The maximum absolute atomic E-state index is 11.7. The molecule has 0 unspecified atom stereocenters. The van der Waals surface area contributed by atoms with E-state index in [4.69, 9.17) is 28.3 Å². The Labute approximate surface area is 172 Å². The highest BCUT2D eigenvalue weighted by molar-refractivity contribution is 6.35. The molecule has 0 aliphatic rings. The molecule has 0 aliphatic carbocycles. The Bertz CT molecular complexity index is 821. The van der Waals surface area contributed by atoms with Gasteiger partial charge in [-0.15, -0.1) is 0 Å². The van der Waals surface area contributed by atoms with E-state index in [1.165, 1.54) is 0 Å². The molecule has 0 aliphatic heterocycles. The number of halogens is 2. The third-order valence-corrected chi connectivity index (χ3v) is 4.70. The van der Waals surface area contributed by atoms with E-state index >= 15 is 0 Å². The summed E-state index contributed by atoms with van der Waals surface area (Å²) >= 11 is 12.1. The van der Waals surface area contributed by atoms with Gasteiger partial charge in [-0.3, -0.25) is 4.79 Å². The number of aliphatic hydroxyl groups is 2. The lowest BCUT2D eigenvalue weighted by molar-refractivity contribution is -0.154. The molecule has 0 radical (unpaired) electrons. The Morgan fingerprint density at radius 1 is 1.00 bits per heavy atom. The number of amides is 1. The maximum Gasteiger partial charge on any atom is 0.335 e. The average molecular weight is 426 g/mol. The molecule has 0 fully saturated rings. The van der Waals surface area contributed by atoms with Gasteiger partial charge < -0.3 is 20.6 Å². The zero-order valence-corrected chi connectivity index (χ0v) is 16.6. The lowest BCUT2D eigenvalue weighted by Crippen LogP contribution is -2.51. The summed E-state index contributed by atoms with van der Waals surface area (Å²) in [5, 5.41) is 32.3. The molecule has 2 aromatic rings. The van der Waals surface area contributed by atoms with E-state index < -0.39 is 24.2 Å². The smallest absolute Gasteiger partial charge is 0.335 e. The van der Waals surface area contributed by atoms with Gasteiger partial charge in [0.1, 0.15) is 6.10 Å². The molecule has 1 amide bonds. The minimum absolute atomic E-state index is 0.147. The SMILES string of the molecule is CCC(=O)N[C@@H](Cc1ccc(-c2cc(Cl)cc(Cl)c2)cc1)[C@H](O)[C@@H](O)C(=O)O. The van der Waals surface area contributed by atoms with E-state index in [0.717, 1.165) is 16.7 Å². The number of rotatable bonds is 8. The van der Waals surface area contributed by atoms with Crippen LogP contribution < -0.4 is 5.32 Å². The zero-order chi connectivity index (χ0) is 20.8. The summed E-state index contributed by atoms with van der Waals surface area (Å²) in [7, 11) is 0. The van der Waals surface area contributed by atoms with Crippen LogP contribution in [0.3, 0.4) is 0 Å². The van der Waals surface area contributed by atoms with E-state index in [9.17, 15) is 19.8 Å². The Morgan fingerprint density at radius 2 is 1.57 bits per heavy atom. The first-order valence-electron chi connectivity index (χ1n) is 8.65. The zero-order valence-electron chi connectivity index (χ0n) is 15.1. The molecule has 0 saturated heterocycles. The molecule has 0 bridgehead atoms. The summed E-state index contributed by atoms with van der Waals surface area (Å²) in [5.41, 5.74) is 2.45. The van der Waals surface area contributed by atoms with E-state index in [1.54, 1.807) is 37.3 Å². The molecule has 2 rings (SSSR count). The fourth-order valence-corrected chi connectivity index (χ4v) is 3.27. The Morgan fingerprint density at radius 3 is 2.07 bits per heavy atom. The highest BCUT2D eigenvalue weighted by Gasteiger charge is 2.32. The predicted molar refractivity (Wildman–Crippen MR) is 107 cm³/mol. The molecule has 150 valence electrons. The van der Waals surface area contributed by atoms with Crippen molar-refractivity contribution in [3.63, 3.8) is 0 Å². The van der Waals surface area contributed by atoms with Crippen molar-refractivity contribution in [3.05, 3.63) is 58.1 Å². The quantitative estimate of drug-likeness (QED) is 0.520. The molecule has 2 aromatic carbocycles. The van der Waals surface area contributed by atoms with Gasteiger partial charge in [0.15, 0.2) is 6.10 Å². The second-order valence-electron chi connectivity index (χ2n) is 6.36. The van der Waals surface area contributed by atoms with Gasteiger partial charge in [0.25, 0.3) is 0 Å². The topological polar surface area (TPSA) is 107 Å². The third kappa shape index (κ3) is 5.94. The molecule has 4 N–H and O–H groups in total. The molecular formula is C20H21Cl2NO5. The second kappa shape index (κ2) is 9.89. The summed E-state index contributed by atoms with van der Waals surface area (Å²) in [4.78, 5) is 22.7. The van der Waals surface area contributed by atoms with Gasteiger partial charge in [0.2, 0.25) is 5.91 Å². The van der Waals surface area contributed by atoms with Gasteiger partial charge in [0, 0.05) is 16.5 Å². The normalized spacial score (nSPS) is 14.2. The van der Waals surface area contributed by atoms with Gasteiger partial charge in [-0.25, -0.2) is 4.79 Å². The van der Waals surface area contributed by atoms with Gasteiger partial charge in [-0.1, -0.05) is 54.4 Å².